The molecule has 0 aliphatic carbocycles. The Labute approximate surface area is 97.6 Å². The molecule has 2 rings (SSSR count). The van der Waals surface area contributed by atoms with Gasteiger partial charge in [-0.1, -0.05) is 11.3 Å². The van der Waals surface area contributed by atoms with Crippen LogP contribution in [-0.2, 0) is 0 Å². The van der Waals surface area contributed by atoms with Crippen LogP contribution in [0.5, 0.6) is 0 Å². The number of nitrogens with zero attached hydrogens (tertiary/aromatic N) is 3. The van der Waals surface area contributed by atoms with E-state index >= 15 is 0 Å². The second-order valence-electron chi connectivity index (χ2n) is 3.33. The summed E-state index contributed by atoms with van der Waals surface area (Å²) in [6, 6.07) is 3.52. The second-order valence-corrected chi connectivity index (χ2v) is 4.29. The number of pyridine rings is 1. The molecule has 0 spiro atoms. The van der Waals surface area contributed by atoms with Gasteiger partial charge in [-0.2, -0.15) is 4.98 Å². The molecule has 0 aliphatic rings. The lowest BCUT2D eigenvalue weighted by molar-refractivity contribution is 0.856. The third-order valence-corrected chi connectivity index (χ3v) is 3.47. The zero-order chi connectivity index (χ0) is 11.5. The fourth-order valence-corrected chi connectivity index (χ4v) is 2.59. The van der Waals surface area contributed by atoms with Crippen molar-refractivity contribution in [2.75, 3.05) is 18.0 Å². The molecule has 0 atom stereocenters. The zero-order valence-corrected chi connectivity index (χ0v) is 10.1. The first-order chi connectivity index (χ1) is 7.76. The van der Waals surface area contributed by atoms with E-state index < -0.39 is 0 Å². The lowest BCUT2D eigenvalue weighted by atomic mass is 10.4. The van der Waals surface area contributed by atoms with Crippen LogP contribution < -0.4 is 10.5 Å². The van der Waals surface area contributed by atoms with Gasteiger partial charge in [0.1, 0.15) is 4.83 Å². The molecule has 0 radical (unpaired) electrons. The SMILES string of the molecule is CCN(CC)c1nc(=O)c2cccnc2s1. The van der Waals surface area contributed by atoms with Crippen molar-refractivity contribution >= 4 is 26.7 Å². The number of hydrogen-bond donors (Lipinski definition) is 0. The topological polar surface area (TPSA) is 46.1 Å². The molecule has 0 saturated carbocycles. The minimum absolute atomic E-state index is 0.191. The maximum Gasteiger partial charge on any atom is 0.282 e. The third-order valence-electron chi connectivity index (χ3n) is 2.42. The molecule has 0 N–H and O–H groups in total. The summed E-state index contributed by atoms with van der Waals surface area (Å²) in [5.41, 5.74) is -0.191. The Bertz CT molecular complexity index is 548. The first kappa shape index (κ1) is 11.0. The van der Waals surface area contributed by atoms with Crippen molar-refractivity contribution in [3.63, 3.8) is 0 Å². The maximum atomic E-state index is 11.8. The second kappa shape index (κ2) is 4.57. The first-order valence-electron chi connectivity index (χ1n) is 5.27. The Kier molecular flexibility index (Phi) is 3.14. The minimum atomic E-state index is -0.191. The number of hydrogen-bond acceptors (Lipinski definition) is 5. The molecule has 16 heavy (non-hydrogen) atoms. The standard InChI is InChI=1S/C11H13N3OS/c1-3-14(4-2)11-13-9(15)8-6-5-7-12-10(8)16-11/h5-7H,3-4H2,1-2H3. The highest BCUT2D eigenvalue weighted by Crippen LogP contribution is 2.21. The fraction of sp³-hybridized carbons (Fsp3) is 0.364. The molecule has 0 amide bonds. The van der Waals surface area contributed by atoms with Crippen LogP contribution in [0.1, 0.15) is 13.8 Å². The molecule has 0 unspecified atom stereocenters. The van der Waals surface area contributed by atoms with Crippen LogP contribution >= 0.6 is 11.3 Å². The summed E-state index contributed by atoms with van der Waals surface area (Å²) >= 11 is 1.46. The normalized spacial score (nSPS) is 10.6. The molecule has 0 aromatic carbocycles. The molecule has 4 nitrogen and oxygen atoms in total. The summed E-state index contributed by atoms with van der Waals surface area (Å²) in [6.45, 7) is 5.78. The van der Waals surface area contributed by atoms with E-state index in [1.807, 2.05) is 13.8 Å². The highest BCUT2D eigenvalue weighted by molar-refractivity contribution is 7.21. The zero-order valence-electron chi connectivity index (χ0n) is 9.30. The van der Waals surface area contributed by atoms with Crippen LogP contribution in [0.2, 0.25) is 0 Å². The molecule has 5 heteroatoms. The van der Waals surface area contributed by atoms with Gasteiger partial charge in [-0.3, -0.25) is 4.79 Å². The van der Waals surface area contributed by atoms with Crippen molar-refractivity contribution in [2.45, 2.75) is 13.8 Å². The van der Waals surface area contributed by atoms with Crippen LogP contribution in [0, 0.1) is 0 Å². The van der Waals surface area contributed by atoms with Gasteiger partial charge in [0, 0.05) is 19.3 Å². The molecule has 0 bridgehead atoms. The van der Waals surface area contributed by atoms with Crippen molar-refractivity contribution in [1.29, 1.82) is 0 Å². The Morgan fingerprint density at radius 1 is 1.38 bits per heavy atom. The van der Waals surface area contributed by atoms with Gasteiger partial charge in [0.05, 0.1) is 5.39 Å². The average molecular weight is 235 g/mol. The molecular formula is C11H13N3OS. The van der Waals surface area contributed by atoms with Crippen molar-refractivity contribution in [3.8, 4) is 0 Å². The molecule has 2 aromatic rings. The van der Waals surface area contributed by atoms with Gasteiger partial charge in [-0.15, -0.1) is 0 Å². The van der Waals surface area contributed by atoms with Crippen LogP contribution in [0.15, 0.2) is 23.1 Å². The monoisotopic (exact) mass is 235 g/mol. The van der Waals surface area contributed by atoms with Gasteiger partial charge in [-0.25, -0.2) is 4.98 Å². The van der Waals surface area contributed by atoms with Gasteiger partial charge in [0.2, 0.25) is 0 Å². The van der Waals surface area contributed by atoms with E-state index in [0.29, 0.717) is 5.39 Å². The van der Waals surface area contributed by atoms with E-state index in [1.165, 1.54) is 11.3 Å². The van der Waals surface area contributed by atoms with Crippen LogP contribution in [-0.4, -0.2) is 23.1 Å². The number of anilines is 1. The molecule has 0 aliphatic heterocycles. The van der Waals surface area contributed by atoms with Gasteiger partial charge < -0.3 is 4.90 Å². The van der Waals surface area contributed by atoms with Gasteiger partial charge in [-0.05, 0) is 26.0 Å². The summed E-state index contributed by atoms with van der Waals surface area (Å²) in [5, 5.41) is 1.35. The molecule has 0 fully saturated rings. The van der Waals surface area contributed by atoms with Gasteiger partial charge >= 0.3 is 0 Å². The van der Waals surface area contributed by atoms with Crippen LogP contribution in [0.25, 0.3) is 10.2 Å². The highest BCUT2D eigenvalue weighted by Gasteiger charge is 2.09. The first-order valence-corrected chi connectivity index (χ1v) is 6.08. The predicted molar refractivity (Wildman–Crippen MR) is 67.2 cm³/mol. The Hall–Kier alpha value is -1.49. The van der Waals surface area contributed by atoms with Crippen molar-refractivity contribution in [2.24, 2.45) is 0 Å². The van der Waals surface area contributed by atoms with Crippen LogP contribution in [0.3, 0.4) is 0 Å². The summed E-state index contributed by atoms with van der Waals surface area (Å²) in [4.78, 5) is 22.9. The average Bonchev–Trinajstić information content (AvgIpc) is 2.31. The quantitative estimate of drug-likeness (QED) is 0.815. The minimum Gasteiger partial charge on any atom is -0.348 e. The molecule has 84 valence electrons. The fourth-order valence-electron chi connectivity index (χ4n) is 1.52. The van der Waals surface area contributed by atoms with Gasteiger partial charge in [0.25, 0.3) is 5.56 Å². The number of aromatic nitrogens is 2. The van der Waals surface area contributed by atoms with Crippen molar-refractivity contribution in [1.82, 2.24) is 9.97 Å². The molecule has 2 aromatic heterocycles. The third kappa shape index (κ3) is 1.90. The summed E-state index contributed by atoms with van der Waals surface area (Å²) in [7, 11) is 0. The summed E-state index contributed by atoms with van der Waals surface area (Å²) in [6.07, 6.45) is 1.70. The lowest BCUT2D eigenvalue weighted by Crippen LogP contribution is -2.24. The predicted octanol–water partition coefficient (Wildman–Crippen LogP) is 1.90. The van der Waals surface area contributed by atoms with E-state index in [-0.39, 0.29) is 5.56 Å². The van der Waals surface area contributed by atoms with E-state index in [2.05, 4.69) is 14.9 Å². The Morgan fingerprint density at radius 2 is 2.12 bits per heavy atom. The van der Waals surface area contributed by atoms with Crippen molar-refractivity contribution in [3.05, 3.63) is 28.7 Å². The molecular weight excluding hydrogens is 222 g/mol. The largest absolute Gasteiger partial charge is 0.348 e. The van der Waals surface area contributed by atoms with E-state index in [0.717, 1.165) is 23.1 Å². The summed E-state index contributed by atoms with van der Waals surface area (Å²) in [5.74, 6) is 0. The highest BCUT2D eigenvalue weighted by atomic mass is 32.1. The Morgan fingerprint density at radius 3 is 2.81 bits per heavy atom. The van der Waals surface area contributed by atoms with Crippen LogP contribution in [0.4, 0.5) is 5.13 Å². The Balaban J connectivity index is 2.62. The molecule has 0 saturated heterocycles. The van der Waals surface area contributed by atoms with E-state index in [1.54, 1.807) is 18.3 Å². The number of rotatable bonds is 3. The molecule has 2 heterocycles. The van der Waals surface area contributed by atoms with Crippen molar-refractivity contribution < 1.29 is 0 Å². The van der Waals surface area contributed by atoms with Gasteiger partial charge in [0.15, 0.2) is 5.13 Å². The van der Waals surface area contributed by atoms with E-state index in [4.69, 9.17) is 0 Å². The maximum absolute atomic E-state index is 11.8. The number of fused-ring (bicyclic) bond motifs is 1. The van der Waals surface area contributed by atoms with E-state index in [9.17, 15) is 4.79 Å². The smallest absolute Gasteiger partial charge is 0.282 e. The lowest BCUT2D eigenvalue weighted by Gasteiger charge is -2.18. The summed E-state index contributed by atoms with van der Waals surface area (Å²) < 4.78 is 0.